The molecule has 84 valence electrons. The quantitative estimate of drug-likeness (QED) is 0.346. The molecule has 1 atom stereocenters. The van der Waals surface area contributed by atoms with Gasteiger partial charge in [0.1, 0.15) is 5.69 Å². The second-order valence-corrected chi connectivity index (χ2v) is 2.98. The molecule has 0 aliphatic carbocycles. The van der Waals surface area contributed by atoms with E-state index in [4.69, 9.17) is 17.0 Å². The third kappa shape index (κ3) is 2.40. The summed E-state index contributed by atoms with van der Waals surface area (Å²) in [6, 6.07) is 4.53. The third-order valence-corrected chi connectivity index (χ3v) is 1.88. The highest BCUT2D eigenvalue weighted by Gasteiger charge is 2.21. The molecule has 0 aromatic heterocycles. The predicted molar refractivity (Wildman–Crippen MR) is 59.8 cm³/mol. The molecule has 0 aliphatic heterocycles. The Kier molecular flexibility index (Phi) is 3.69. The van der Waals surface area contributed by atoms with E-state index in [1.165, 1.54) is 12.1 Å². The van der Waals surface area contributed by atoms with E-state index in [-0.39, 0.29) is 17.1 Å². The van der Waals surface area contributed by atoms with Crippen molar-refractivity contribution in [2.75, 3.05) is 5.43 Å². The summed E-state index contributed by atoms with van der Waals surface area (Å²) in [6.45, 7) is 1.62. The molecule has 6 nitrogen and oxygen atoms in total. The van der Waals surface area contributed by atoms with Gasteiger partial charge in [0.2, 0.25) is 5.75 Å². The highest BCUT2D eigenvalue weighted by Crippen LogP contribution is 2.34. The fraction of sp³-hybridized carbons (Fsp3) is 0.200. The molecule has 0 radical (unpaired) electrons. The number of nitro benzene ring substituents is 1. The number of hydrazine groups is 1. The van der Waals surface area contributed by atoms with Crippen LogP contribution in [0.15, 0.2) is 18.2 Å². The number of ether oxygens (including phenoxy) is 1. The Morgan fingerprint density at radius 1 is 1.69 bits per heavy atom. The van der Waals surface area contributed by atoms with E-state index in [0.29, 0.717) is 0 Å². The lowest BCUT2D eigenvalue weighted by Gasteiger charge is -2.10. The summed E-state index contributed by atoms with van der Waals surface area (Å²) in [6.07, 6.45) is 4.58. The summed E-state index contributed by atoms with van der Waals surface area (Å²) < 4.78 is 5.23. The van der Waals surface area contributed by atoms with Crippen molar-refractivity contribution in [3.05, 3.63) is 28.3 Å². The Labute approximate surface area is 92.5 Å². The van der Waals surface area contributed by atoms with E-state index in [1.807, 2.05) is 0 Å². The van der Waals surface area contributed by atoms with Gasteiger partial charge in [0.25, 0.3) is 0 Å². The molecule has 1 rings (SSSR count). The van der Waals surface area contributed by atoms with Gasteiger partial charge in [0.05, 0.1) is 4.92 Å². The van der Waals surface area contributed by atoms with E-state index in [2.05, 4.69) is 11.3 Å². The maximum absolute atomic E-state index is 10.8. The van der Waals surface area contributed by atoms with Gasteiger partial charge in [0, 0.05) is 0 Å². The lowest BCUT2D eigenvalue weighted by atomic mass is 10.2. The number of hydrogen-bond donors (Lipinski definition) is 2. The minimum Gasteiger partial charge on any atom is -0.471 e. The summed E-state index contributed by atoms with van der Waals surface area (Å²) >= 11 is 0. The van der Waals surface area contributed by atoms with Crippen LogP contribution >= 0.6 is 0 Å². The molecular formula is C10H11N3O3. The monoisotopic (exact) mass is 221 g/mol. The minimum atomic E-state index is -0.576. The molecule has 1 unspecified atom stereocenters. The van der Waals surface area contributed by atoms with Crippen LogP contribution in [0, 0.1) is 22.5 Å². The molecule has 6 heteroatoms. The Morgan fingerprint density at radius 2 is 2.38 bits per heavy atom. The first-order valence-electron chi connectivity index (χ1n) is 4.47. The molecule has 0 heterocycles. The van der Waals surface area contributed by atoms with E-state index in [9.17, 15) is 10.1 Å². The van der Waals surface area contributed by atoms with Crippen molar-refractivity contribution < 1.29 is 9.66 Å². The number of hydrogen-bond acceptors (Lipinski definition) is 5. The molecule has 0 amide bonds. The van der Waals surface area contributed by atoms with Gasteiger partial charge < -0.3 is 10.2 Å². The average Bonchev–Trinajstić information content (AvgIpc) is 2.28. The van der Waals surface area contributed by atoms with Gasteiger partial charge in [-0.3, -0.25) is 16.0 Å². The molecule has 0 saturated heterocycles. The smallest absolute Gasteiger partial charge is 0.335 e. The second-order valence-electron chi connectivity index (χ2n) is 2.98. The van der Waals surface area contributed by atoms with Crippen LogP contribution in [0.5, 0.6) is 5.75 Å². The first-order valence-corrected chi connectivity index (χ1v) is 4.47. The Hall–Kier alpha value is -2.26. The van der Waals surface area contributed by atoms with Gasteiger partial charge in [0.15, 0.2) is 6.10 Å². The zero-order valence-corrected chi connectivity index (χ0v) is 8.64. The Bertz CT molecular complexity index is 439. The summed E-state index contributed by atoms with van der Waals surface area (Å²) in [5, 5.41) is 10.8. The van der Waals surface area contributed by atoms with Gasteiger partial charge >= 0.3 is 5.69 Å². The van der Waals surface area contributed by atoms with Crippen molar-refractivity contribution in [1.82, 2.24) is 0 Å². The van der Waals surface area contributed by atoms with Crippen LogP contribution in [-0.2, 0) is 0 Å². The normalized spacial score (nSPS) is 11.3. The number of nitrogens with zero attached hydrogens (tertiary/aromatic N) is 1. The predicted octanol–water partition coefficient (Wildman–Crippen LogP) is 1.28. The molecule has 1 aromatic carbocycles. The number of terminal acetylenes is 1. The van der Waals surface area contributed by atoms with Crippen molar-refractivity contribution >= 4 is 11.4 Å². The zero-order valence-electron chi connectivity index (χ0n) is 8.64. The highest BCUT2D eigenvalue weighted by molar-refractivity contribution is 5.67. The first kappa shape index (κ1) is 11.8. The van der Waals surface area contributed by atoms with Crippen LogP contribution in [0.1, 0.15) is 6.92 Å². The topological polar surface area (TPSA) is 90.4 Å². The molecule has 16 heavy (non-hydrogen) atoms. The van der Waals surface area contributed by atoms with Crippen molar-refractivity contribution in [3.8, 4) is 18.1 Å². The molecule has 0 spiro atoms. The summed E-state index contributed by atoms with van der Waals surface area (Å²) in [7, 11) is 0. The fourth-order valence-corrected chi connectivity index (χ4v) is 1.15. The number of nitro groups is 1. The van der Waals surface area contributed by atoms with Crippen LogP contribution in [-0.4, -0.2) is 11.0 Å². The molecule has 3 N–H and O–H groups in total. The number of nitrogens with one attached hydrogen (secondary N) is 1. The van der Waals surface area contributed by atoms with Gasteiger partial charge in [-0.05, 0) is 19.1 Å². The molecule has 0 aliphatic rings. The van der Waals surface area contributed by atoms with Crippen LogP contribution in [0.4, 0.5) is 11.4 Å². The molecular weight excluding hydrogens is 210 g/mol. The van der Waals surface area contributed by atoms with Crippen LogP contribution < -0.4 is 16.0 Å². The van der Waals surface area contributed by atoms with Crippen molar-refractivity contribution in [3.63, 3.8) is 0 Å². The van der Waals surface area contributed by atoms with Gasteiger partial charge in [-0.1, -0.05) is 12.0 Å². The van der Waals surface area contributed by atoms with Gasteiger partial charge in [-0.2, -0.15) is 0 Å². The Morgan fingerprint density at radius 3 is 2.88 bits per heavy atom. The van der Waals surface area contributed by atoms with Crippen molar-refractivity contribution in [2.24, 2.45) is 5.84 Å². The second kappa shape index (κ2) is 5.00. The van der Waals surface area contributed by atoms with E-state index in [0.717, 1.165) is 0 Å². The number of anilines is 1. The summed E-state index contributed by atoms with van der Waals surface area (Å²) in [4.78, 5) is 10.3. The number of nitrogens with two attached hydrogens (primary N) is 1. The van der Waals surface area contributed by atoms with E-state index >= 15 is 0 Å². The fourth-order valence-electron chi connectivity index (χ4n) is 1.15. The minimum absolute atomic E-state index is 0.0888. The number of para-hydroxylation sites is 1. The SMILES string of the molecule is C#CC(C)Oc1cccc(NN)c1[N+](=O)[O-]. The number of nitrogen functional groups attached to an aromatic ring is 1. The van der Waals surface area contributed by atoms with Crippen LogP contribution in [0.2, 0.25) is 0 Å². The maximum atomic E-state index is 10.8. The maximum Gasteiger partial charge on any atom is 0.335 e. The molecule has 0 bridgehead atoms. The zero-order chi connectivity index (χ0) is 12.1. The average molecular weight is 221 g/mol. The lowest BCUT2D eigenvalue weighted by Crippen LogP contribution is -2.13. The summed E-state index contributed by atoms with van der Waals surface area (Å²) in [5.74, 6) is 7.58. The van der Waals surface area contributed by atoms with Crippen LogP contribution in [0.25, 0.3) is 0 Å². The van der Waals surface area contributed by atoms with Crippen LogP contribution in [0.3, 0.4) is 0 Å². The number of rotatable bonds is 4. The van der Waals surface area contributed by atoms with Gasteiger partial charge in [-0.25, -0.2) is 0 Å². The molecule has 0 saturated carbocycles. The largest absolute Gasteiger partial charge is 0.471 e. The standard InChI is InChI=1S/C10H11N3O3/c1-3-7(2)16-9-6-4-5-8(12-11)10(9)13(14)15/h1,4-7,12H,11H2,2H3. The van der Waals surface area contributed by atoms with E-state index in [1.54, 1.807) is 13.0 Å². The van der Waals surface area contributed by atoms with E-state index < -0.39 is 11.0 Å². The summed E-state index contributed by atoms with van der Waals surface area (Å²) in [5.41, 5.74) is 2.18. The van der Waals surface area contributed by atoms with Crippen molar-refractivity contribution in [2.45, 2.75) is 13.0 Å². The molecule has 1 aromatic rings. The first-order chi connectivity index (χ1) is 7.60. The highest BCUT2D eigenvalue weighted by atomic mass is 16.6. The lowest BCUT2D eigenvalue weighted by molar-refractivity contribution is -0.385. The third-order valence-electron chi connectivity index (χ3n) is 1.88. The van der Waals surface area contributed by atoms with Crippen molar-refractivity contribution in [1.29, 1.82) is 0 Å². The number of benzene rings is 1. The molecule has 0 fully saturated rings. The Balaban J connectivity index is 3.18. The van der Waals surface area contributed by atoms with Gasteiger partial charge in [-0.15, -0.1) is 6.42 Å².